The fourth-order valence-electron chi connectivity index (χ4n) is 19.1. The molecule has 4 heteroatoms. The molecule has 1 aromatic heterocycles. The molecular weight excluding hydrogens is 1160 g/mol. The van der Waals surface area contributed by atoms with Crippen molar-refractivity contribution in [1.82, 2.24) is 4.57 Å². The summed E-state index contributed by atoms with van der Waals surface area (Å²) >= 11 is 0. The first-order valence-corrected chi connectivity index (χ1v) is 33.7. The smallest absolute Gasteiger partial charge is 0.252 e. The molecule has 0 atom stereocenters. The van der Waals surface area contributed by atoms with Crippen molar-refractivity contribution in [1.29, 1.82) is 0 Å². The molecule has 0 saturated heterocycles. The van der Waals surface area contributed by atoms with Crippen molar-refractivity contribution in [3.63, 3.8) is 0 Å². The molecule has 442 valence electrons. The van der Waals surface area contributed by atoms with Gasteiger partial charge < -0.3 is 14.4 Å². The van der Waals surface area contributed by atoms with Gasteiger partial charge in [-0.1, -0.05) is 291 Å². The van der Waals surface area contributed by atoms with Crippen molar-refractivity contribution >= 4 is 79.0 Å². The number of hydrogen-bond acceptors (Lipinski definition) is 2. The van der Waals surface area contributed by atoms with Crippen molar-refractivity contribution in [2.75, 3.05) is 9.80 Å². The largest absolute Gasteiger partial charge is 0.311 e. The topological polar surface area (TPSA) is 11.4 Å². The molecule has 6 aliphatic rings. The Balaban J connectivity index is 0.902. The summed E-state index contributed by atoms with van der Waals surface area (Å²) in [7, 11) is 0. The highest BCUT2D eigenvalue weighted by Gasteiger charge is 2.55. The fourth-order valence-corrected chi connectivity index (χ4v) is 19.1. The first kappa shape index (κ1) is 52.3. The van der Waals surface area contributed by atoms with Crippen molar-refractivity contribution in [3.05, 3.63) is 384 Å². The molecule has 0 bridgehead atoms. The van der Waals surface area contributed by atoms with E-state index in [9.17, 15) is 0 Å². The van der Waals surface area contributed by atoms with Crippen molar-refractivity contribution in [2.24, 2.45) is 0 Å². The summed E-state index contributed by atoms with van der Waals surface area (Å²) in [5.74, 6) is 0. The zero-order valence-electron chi connectivity index (χ0n) is 52.3. The Morgan fingerprint density at radius 3 is 0.969 bits per heavy atom. The number of rotatable bonds is 5. The van der Waals surface area contributed by atoms with Crippen LogP contribution in [0.1, 0.15) is 44.5 Å². The molecule has 15 aromatic carbocycles. The molecule has 22 rings (SSSR count). The Bertz CT molecular complexity index is 5620. The Hall–Kier alpha value is -12.2. The molecule has 3 nitrogen and oxygen atoms in total. The second-order valence-corrected chi connectivity index (χ2v) is 26.8. The molecule has 0 fully saturated rings. The van der Waals surface area contributed by atoms with E-state index in [0.29, 0.717) is 0 Å². The minimum absolute atomic E-state index is 0.208. The highest BCUT2D eigenvalue weighted by atomic mass is 15.2. The Kier molecular flexibility index (Phi) is 10.5. The highest BCUT2D eigenvalue weighted by molar-refractivity contribution is 7.00. The molecule has 0 unspecified atom stereocenters. The zero-order valence-corrected chi connectivity index (χ0v) is 52.3. The Morgan fingerprint density at radius 1 is 0.229 bits per heavy atom. The average molecular weight is 1210 g/mol. The van der Waals surface area contributed by atoms with E-state index in [1.54, 1.807) is 0 Å². The first-order valence-electron chi connectivity index (χ1n) is 33.7. The summed E-state index contributed by atoms with van der Waals surface area (Å²) in [6.07, 6.45) is 0. The van der Waals surface area contributed by atoms with Crippen molar-refractivity contribution in [2.45, 2.75) is 10.8 Å². The number of fused-ring (bicyclic) bond motifs is 27. The predicted molar refractivity (Wildman–Crippen MR) is 398 cm³/mol. The summed E-state index contributed by atoms with van der Waals surface area (Å²) in [5.41, 5.74) is 38.6. The van der Waals surface area contributed by atoms with Gasteiger partial charge in [-0.3, -0.25) is 0 Å². The SMILES string of the molecule is c1ccc(-c2ccc3c(c2)B2c4cc(-c5ccccc5)ccc4N(c4cccc5c4-c4ccccc4C54c5ccccc5-c5ccccc54)c4cc(-n5c6ccccc6c6ccccc65)cc(c42)N3c2cccc3c2-c2ccccc2C32c3ccccc3-c3ccccc32)cc1. The summed E-state index contributed by atoms with van der Waals surface area (Å²) in [4.78, 5) is 5.41. The van der Waals surface area contributed by atoms with Crippen LogP contribution in [0, 0.1) is 0 Å². The minimum Gasteiger partial charge on any atom is -0.311 e. The first-order chi connectivity index (χ1) is 47.7. The van der Waals surface area contributed by atoms with Gasteiger partial charge in [0.05, 0.1) is 38.9 Å². The normalized spacial score (nSPS) is 14.4. The number of benzene rings is 15. The van der Waals surface area contributed by atoms with Gasteiger partial charge in [0.1, 0.15) is 0 Å². The second kappa shape index (κ2) is 19.2. The van der Waals surface area contributed by atoms with E-state index in [1.807, 2.05) is 0 Å². The standard InChI is InChI=1S/C92H56BN3/c1-3-25-57(26-4-1)59-49-51-82-78(53-59)93-79-54-60(58-27-5-2-6-28-58)50-52-83(79)96(85-48-24-44-77-89(85)69-36-12-20-42-75(69)92(77)72-39-17-9-31-64(72)65-32-10-18-40-73(65)92)87-56-61(94-80-45-21-13-33-66(80)67-34-14-22-46-81(67)94)55-86(90(87)93)95(82)84-47-23-43-76-88(84)68-35-11-19-41-74(68)91(76)70-37-15-7-29-62(70)63-30-8-16-38-71(63)91/h1-56H. The van der Waals surface area contributed by atoms with Gasteiger partial charge in [-0.2, -0.15) is 0 Å². The van der Waals surface area contributed by atoms with E-state index in [-0.39, 0.29) is 6.71 Å². The van der Waals surface area contributed by atoms with Crippen LogP contribution < -0.4 is 26.2 Å². The van der Waals surface area contributed by atoms with Crippen LogP contribution in [0.2, 0.25) is 0 Å². The van der Waals surface area contributed by atoms with Crippen LogP contribution in [-0.2, 0) is 10.8 Å². The molecule has 0 N–H and O–H groups in total. The number of anilines is 6. The average Bonchev–Trinajstić information content (AvgIpc) is 1.41. The lowest BCUT2D eigenvalue weighted by molar-refractivity contribution is 0.793. The summed E-state index contributed by atoms with van der Waals surface area (Å²) < 4.78 is 2.55. The van der Waals surface area contributed by atoms with Gasteiger partial charge in [-0.25, -0.2) is 0 Å². The van der Waals surface area contributed by atoms with Gasteiger partial charge >= 0.3 is 0 Å². The molecule has 96 heavy (non-hydrogen) atoms. The monoisotopic (exact) mass is 1210 g/mol. The lowest BCUT2D eigenvalue weighted by Gasteiger charge is -2.45. The minimum atomic E-state index is -0.553. The van der Waals surface area contributed by atoms with Crippen LogP contribution in [0.25, 0.3) is 94.3 Å². The van der Waals surface area contributed by atoms with Crippen molar-refractivity contribution in [3.8, 4) is 72.4 Å². The predicted octanol–water partition coefficient (Wildman–Crippen LogP) is 20.9. The third-order valence-electron chi connectivity index (χ3n) is 22.6. The second-order valence-electron chi connectivity index (χ2n) is 26.8. The molecule has 0 saturated carbocycles. The molecule has 16 aromatic rings. The van der Waals surface area contributed by atoms with E-state index in [1.165, 1.54) is 138 Å². The third kappa shape index (κ3) is 6.53. The lowest BCUT2D eigenvalue weighted by atomic mass is 9.33. The van der Waals surface area contributed by atoms with E-state index < -0.39 is 10.8 Å². The lowest BCUT2D eigenvalue weighted by Crippen LogP contribution is -2.61. The van der Waals surface area contributed by atoms with Gasteiger partial charge in [-0.15, -0.1) is 0 Å². The molecule has 3 heterocycles. The summed E-state index contributed by atoms with van der Waals surface area (Å²) in [5, 5.41) is 2.45. The van der Waals surface area contributed by atoms with E-state index in [0.717, 1.165) is 50.8 Å². The number of hydrogen-bond donors (Lipinski definition) is 0. The zero-order chi connectivity index (χ0) is 62.5. The summed E-state index contributed by atoms with van der Waals surface area (Å²) in [6.45, 7) is -0.208. The van der Waals surface area contributed by atoms with Gasteiger partial charge in [0.25, 0.3) is 6.71 Å². The molecule has 2 spiro atoms. The van der Waals surface area contributed by atoms with Crippen LogP contribution in [0.15, 0.2) is 340 Å². The molecular formula is C92H56BN3. The van der Waals surface area contributed by atoms with Gasteiger partial charge in [0.15, 0.2) is 0 Å². The third-order valence-corrected chi connectivity index (χ3v) is 22.6. The number of para-hydroxylation sites is 2. The van der Waals surface area contributed by atoms with Crippen LogP contribution in [-0.4, -0.2) is 11.3 Å². The summed E-state index contributed by atoms with van der Waals surface area (Å²) in [6, 6.07) is 130. The Labute approximate surface area is 557 Å². The number of aromatic nitrogens is 1. The Morgan fingerprint density at radius 2 is 0.562 bits per heavy atom. The molecule has 2 aliphatic heterocycles. The maximum Gasteiger partial charge on any atom is 0.252 e. The van der Waals surface area contributed by atoms with Crippen LogP contribution in [0.5, 0.6) is 0 Å². The van der Waals surface area contributed by atoms with Gasteiger partial charge in [0.2, 0.25) is 0 Å². The van der Waals surface area contributed by atoms with E-state index >= 15 is 0 Å². The van der Waals surface area contributed by atoms with E-state index in [4.69, 9.17) is 0 Å². The van der Waals surface area contributed by atoms with Crippen LogP contribution >= 0.6 is 0 Å². The van der Waals surface area contributed by atoms with Crippen LogP contribution in [0.3, 0.4) is 0 Å². The van der Waals surface area contributed by atoms with E-state index in [2.05, 4.69) is 354 Å². The maximum absolute atomic E-state index is 2.70. The van der Waals surface area contributed by atoms with Gasteiger partial charge in [0, 0.05) is 44.6 Å². The maximum atomic E-state index is 2.70. The highest BCUT2D eigenvalue weighted by Crippen LogP contribution is 2.67. The quantitative estimate of drug-likeness (QED) is 0.159. The molecule has 4 aliphatic carbocycles. The van der Waals surface area contributed by atoms with Crippen molar-refractivity contribution < 1.29 is 0 Å². The number of nitrogens with zero attached hydrogens (tertiary/aromatic N) is 3. The van der Waals surface area contributed by atoms with Gasteiger partial charge in [-0.05, 0) is 165 Å². The fraction of sp³-hybridized carbons (Fsp3) is 0.0217. The molecule has 0 radical (unpaired) electrons. The molecule has 0 amide bonds. The van der Waals surface area contributed by atoms with Crippen LogP contribution in [0.4, 0.5) is 34.1 Å².